The third-order valence-corrected chi connectivity index (χ3v) is 5.92. The number of carbonyl (C=O) groups is 1. The zero-order chi connectivity index (χ0) is 18.4. The van der Waals surface area contributed by atoms with Gasteiger partial charge in [-0.2, -0.15) is 0 Å². The van der Waals surface area contributed by atoms with Gasteiger partial charge in [0.25, 0.3) is 5.91 Å². The van der Waals surface area contributed by atoms with E-state index in [1.54, 1.807) is 17.1 Å². The van der Waals surface area contributed by atoms with Crippen molar-refractivity contribution in [1.29, 1.82) is 0 Å². The third kappa shape index (κ3) is 2.93. The van der Waals surface area contributed by atoms with Gasteiger partial charge in [0, 0.05) is 15.3 Å². The van der Waals surface area contributed by atoms with Crippen molar-refractivity contribution in [2.45, 2.75) is 6.17 Å². The predicted octanol–water partition coefficient (Wildman–Crippen LogP) is 3.26. The van der Waals surface area contributed by atoms with Crippen LogP contribution >= 0.6 is 50.9 Å². The number of thioether (sulfide) groups is 1. The number of hydrazone groups is 1. The Balaban J connectivity index is 2.04. The molecule has 1 N–H and O–H groups in total. The Morgan fingerprint density at radius 1 is 1.27 bits per heavy atom. The number of carbonyl (C=O) groups excluding carboxylic acids is 1. The third-order valence-electron chi connectivity index (χ3n) is 4.02. The first-order chi connectivity index (χ1) is 12.5. The van der Waals surface area contributed by atoms with Crippen molar-refractivity contribution in [3.05, 3.63) is 67.1 Å². The van der Waals surface area contributed by atoms with Gasteiger partial charge in [-0.3, -0.25) is 15.1 Å². The molecule has 0 aliphatic carbocycles. The molecule has 5 nitrogen and oxygen atoms in total. The Labute approximate surface area is 171 Å². The SMILES string of the molecule is CSC1=NN2C(=c3cc(Br)ccc3=N[C@@H]2c2cccc(Cl)c2Cl)C(=O)N1. The Kier molecular flexibility index (Phi) is 4.73. The highest BCUT2D eigenvalue weighted by molar-refractivity contribution is 9.10. The molecule has 2 aliphatic rings. The molecule has 2 aromatic carbocycles. The van der Waals surface area contributed by atoms with E-state index in [2.05, 4.69) is 26.3 Å². The summed E-state index contributed by atoms with van der Waals surface area (Å²) >= 11 is 17.4. The van der Waals surface area contributed by atoms with Crippen molar-refractivity contribution in [2.24, 2.45) is 10.1 Å². The van der Waals surface area contributed by atoms with Crippen LogP contribution < -0.4 is 15.9 Å². The number of nitrogens with zero attached hydrogens (tertiary/aromatic N) is 3. The Morgan fingerprint density at radius 3 is 2.85 bits per heavy atom. The second-order valence-corrected chi connectivity index (χ2v) is 8.06. The van der Waals surface area contributed by atoms with E-state index in [0.717, 1.165) is 4.47 Å². The molecule has 4 rings (SSSR count). The maximum atomic E-state index is 12.8. The van der Waals surface area contributed by atoms with Crippen LogP contribution in [0.1, 0.15) is 11.7 Å². The molecule has 0 bridgehead atoms. The van der Waals surface area contributed by atoms with Gasteiger partial charge < -0.3 is 0 Å². The zero-order valence-electron chi connectivity index (χ0n) is 13.3. The lowest BCUT2D eigenvalue weighted by Gasteiger charge is -2.34. The second-order valence-electron chi connectivity index (χ2n) is 5.56. The highest BCUT2D eigenvalue weighted by Crippen LogP contribution is 2.37. The van der Waals surface area contributed by atoms with Crippen molar-refractivity contribution >= 4 is 67.7 Å². The highest BCUT2D eigenvalue weighted by Gasteiger charge is 2.35. The fraction of sp³-hybridized carbons (Fsp3) is 0.118. The first-order valence-electron chi connectivity index (χ1n) is 7.54. The van der Waals surface area contributed by atoms with Crippen LogP contribution in [0.4, 0.5) is 0 Å². The maximum Gasteiger partial charge on any atom is 0.276 e. The van der Waals surface area contributed by atoms with Gasteiger partial charge in [-0.1, -0.05) is 63.0 Å². The van der Waals surface area contributed by atoms with Crippen molar-refractivity contribution < 1.29 is 4.79 Å². The largest absolute Gasteiger partial charge is 0.298 e. The quantitative estimate of drug-likeness (QED) is 0.697. The van der Waals surface area contributed by atoms with Gasteiger partial charge in [0.2, 0.25) is 0 Å². The average Bonchev–Trinajstić information content (AvgIpc) is 2.63. The molecule has 1 atom stereocenters. The highest BCUT2D eigenvalue weighted by atomic mass is 79.9. The number of halogens is 3. The molecule has 1 amide bonds. The van der Waals surface area contributed by atoms with Crippen LogP contribution in [0.15, 0.2) is 51.0 Å². The summed E-state index contributed by atoms with van der Waals surface area (Å²) in [5.74, 6) is -0.234. The number of amidine groups is 1. The smallest absolute Gasteiger partial charge is 0.276 e. The molecule has 0 fully saturated rings. The normalized spacial score (nSPS) is 18.5. The van der Waals surface area contributed by atoms with E-state index in [0.29, 0.717) is 37.0 Å². The summed E-state index contributed by atoms with van der Waals surface area (Å²) in [4.78, 5) is 17.6. The fourth-order valence-corrected chi connectivity index (χ4v) is 4.00. The molecule has 26 heavy (non-hydrogen) atoms. The second kappa shape index (κ2) is 6.88. The molecular weight excluding hydrogens is 459 g/mol. The van der Waals surface area contributed by atoms with Gasteiger partial charge in [-0.15, -0.1) is 5.10 Å². The van der Waals surface area contributed by atoms with Crippen LogP contribution in [0.3, 0.4) is 0 Å². The number of hydrogen-bond acceptors (Lipinski definition) is 5. The lowest BCUT2D eigenvalue weighted by molar-refractivity contribution is -0.116. The van der Waals surface area contributed by atoms with Gasteiger partial charge in [0.1, 0.15) is 5.70 Å². The van der Waals surface area contributed by atoms with Gasteiger partial charge in [-0.25, -0.2) is 5.01 Å². The molecule has 0 unspecified atom stereocenters. The van der Waals surface area contributed by atoms with Crippen molar-refractivity contribution in [3.8, 4) is 0 Å². The van der Waals surface area contributed by atoms with Crippen molar-refractivity contribution in [2.75, 3.05) is 6.26 Å². The van der Waals surface area contributed by atoms with E-state index < -0.39 is 6.17 Å². The standard InChI is InChI=1S/C17H11BrCl2N4OS/c1-26-17-22-16(25)14-10-7-8(18)5-6-12(10)21-15(24(14)23-17)9-3-2-4-11(19)13(9)20/h2-7,15H,1H3,(H,22,23,25)/t15-/m0/s1. The van der Waals surface area contributed by atoms with E-state index in [-0.39, 0.29) is 5.91 Å². The molecule has 2 aromatic rings. The molecule has 9 heteroatoms. The van der Waals surface area contributed by atoms with E-state index >= 15 is 0 Å². The topological polar surface area (TPSA) is 57.1 Å². The number of amides is 1. The first kappa shape index (κ1) is 17.9. The summed E-state index contributed by atoms with van der Waals surface area (Å²) in [6.45, 7) is 0. The number of nitrogens with one attached hydrogen (secondary N) is 1. The fourth-order valence-electron chi connectivity index (χ4n) is 2.87. The van der Waals surface area contributed by atoms with E-state index in [9.17, 15) is 4.79 Å². The molecule has 0 saturated carbocycles. The molecule has 132 valence electrons. The molecule has 0 aromatic heterocycles. The van der Waals surface area contributed by atoms with Crippen molar-refractivity contribution in [3.63, 3.8) is 0 Å². The molecule has 2 aliphatic heterocycles. The molecule has 0 saturated heterocycles. The summed E-state index contributed by atoms with van der Waals surface area (Å²) in [6, 6.07) is 11.0. The lowest BCUT2D eigenvalue weighted by atomic mass is 10.1. The van der Waals surface area contributed by atoms with Crippen LogP contribution in [0.25, 0.3) is 5.70 Å². The van der Waals surface area contributed by atoms with E-state index in [4.69, 9.17) is 28.2 Å². The van der Waals surface area contributed by atoms with Crippen LogP contribution in [0.5, 0.6) is 0 Å². The summed E-state index contributed by atoms with van der Waals surface area (Å²) < 4.78 is 0.852. The van der Waals surface area contributed by atoms with Gasteiger partial charge in [0.05, 0.1) is 15.4 Å². The van der Waals surface area contributed by atoms with Crippen LogP contribution in [0.2, 0.25) is 10.0 Å². The summed E-state index contributed by atoms with van der Waals surface area (Å²) in [6.07, 6.45) is 1.26. The maximum absolute atomic E-state index is 12.8. The minimum absolute atomic E-state index is 0.234. The Hall–Kier alpha value is -1.54. The van der Waals surface area contributed by atoms with Crippen LogP contribution in [-0.4, -0.2) is 22.3 Å². The number of rotatable bonds is 1. The molecule has 0 radical (unpaired) electrons. The monoisotopic (exact) mass is 468 g/mol. The Bertz CT molecular complexity index is 1090. The summed E-state index contributed by atoms with van der Waals surface area (Å²) in [5.41, 5.74) is 1.11. The molecule has 0 spiro atoms. The molecule has 2 heterocycles. The van der Waals surface area contributed by atoms with Crippen LogP contribution in [-0.2, 0) is 4.79 Å². The number of fused-ring (bicyclic) bond motifs is 2. The van der Waals surface area contributed by atoms with Crippen LogP contribution in [0, 0.1) is 0 Å². The molecular formula is C17H11BrCl2N4OS. The minimum atomic E-state index is -0.585. The average molecular weight is 470 g/mol. The summed E-state index contributed by atoms with van der Waals surface area (Å²) in [5, 5.41) is 11.7. The van der Waals surface area contributed by atoms with Gasteiger partial charge >= 0.3 is 0 Å². The summed E-state index contributed by atoms with van der Waals surface area (Å²) in [7, 11) is 0. The van der Waals surface area contributed by atoms with E-state index in [1.807, 2.05) is 30.5 Å². The van der Waals surface area contributed by atoms with Crippen molar-refractivity contribution in [1.82, 2.24) is 10.3 Å². The van der Waals surface area contributed by atoms with E-state index in [1.165, 1.54) is 11.8 Å². The predicted molar refractivity (Wildman–Crippen MR) is 108 cm³/mol. The lowest BCUT2D eigenvalue weighted by Crippen LogP contribution is -2.50. The minimum Gasteiger partial charge on any atom is -0.298 e. The number of benzene rings is 2. The van der Waals surface area contributed by atoms with Gasteiger partial charge in [-0.05, 0) is 30.5 Å². The number of hydrogen-bond donors (Lipinski definition) is 1. The van der Waals surface area contributed by atoms with Gasteiger partial charge in [0.15, 0.2) is 11.3 Å². The zero-order valence-corrected chi connectivity index (χ0v) is 17.2. The Morgan fingerprint density at radius 2 is 2.08 bits per heavy atom. The first-order valence-corrected chi connectivity index (χ1v) is 10.3.